The van der Waals surface area contributed by atoms with Gasteiger partial charge in [0, 0.05) is 6.42 Å². The van der Waals surface area contributed by atoms with Gasteiger partial charge in [-0.2, -0.15) is 5.26 Å². The molecular formula is C12H13NO3. The Balaban J connectivity index is 2.81. The van der Waals surface area contributed by atoms with Gasteiger partial charge in [0.1, 0.15) is 0 Å². The van der Waals surface area contributed by atoms with Crippen molar-refractivity contribution in [1.82, 2.24) is 0 Å². The van der Waals surface area contributed by atoms with Gasteiger partial charge < -0.3 is 10.2 Å². The van der Waals surface area contributed by atoms with Crippen molar-refractivity contribution < 1.29 is 15.0 Å². The smallest absolute Gasteiger partial charge is 0.303 e. The molecule has 0 spiro atoms. The van der Waals surface area contributed by atoms with Crippen LogP contribution in [-0.4, -0.2) is 16.2 Å². The average Bonchev–Trinajstić information content (AvgIpc) is 2.27. The average molecular weight is 219 g/mol. The van der Waals surface area contributed by atoms with Gasteiger partial charge in [-0.15, -0.1) is 0 Å². The molecule has 1 atom stereocenters. The molecule has 4 nitrogen and oxygen atoms in total. The van der Waals surface area contributed by atoms with Crippen LogP contribution in [0.1, 0.15) is 30.9 Å². The minimum Gasteiger partial charge on any atom is -0.481 e. The molecule has 1 unspecified atom stereocenters. The van der Waals surface area contributed by atoms with Crippen LogP contribution < -0.4 is 0 Å². The first-order valence-electron chi connectivity index (χ1n) is 4.90. The third kappa shape index (κ3) is 3.07. The topological polar surface area (TPSA) is 81.3 Å². The van der Waals surface area contributed by atoms with Crippen LogP contribution in [0.25, 0.3) is 0 Å². The lowest BCUT2D eigenvalue weighted by atomic mass is 9.90. The summed E-state index contributed by atoms with van der Waals surface area (Å²) in [6.07, 6.45) is 0.0568. The fourth-order valence-corrected chi connectivity index (χ4v) is 1.40. The highest BCUT2D eigenvalue weighted by Gasteiger charge is 2.23. The number of rotatable bonds is 4. The van der Waals surface area contributed by atoms with Crippen LogP contribution >= 0.6 is 0 Å². The second-order valence-corrected chi connectivity index (χ2v) is 3.86. The molecule has 0 saturated carbocycles. The van der Waals surface area contributed by atoms with E-state index < -0.39 is 11.6 Å². The van der Waals surface area contributed by atoms with E-state index in [2.05, 4.69) is 0 Å². The van der Waals surface area contributed by atoms with Crippen molar-refractivity contribution in [2.45, 2.75) is 25.4 Å². The molecule has 0 bridgehead atoms. The lowest BCUT2D eigenvalue weighted by molar-refractivity contribution is -0.138. The number of aliphatic hydroxyl groups is 1. The lowest BCUT2D eigenvalue weighted by Gasteiger charge is -2.22. The minimum atomic E-state index is -1.17. The molecule has 1 aromatic rings. The Morgan fingerprint density at radius 3 is 2.44 bits per heavy atom. The van der Waals surface area contributed by atoms with Crippen LogP contribution in [0, 0.1) is 11.3 Å². The number of nitrogens with zero attached hydrogens (tertiary/aromatic N) is 1. The van der Waals surface area contributed by atoms with E-state index in [1.54, 1.807) is 31.2 Å². The minimum absolute atomic E-state index is 0.0903. The predicted molar refractivity (Wildman–Crippen MR) is 57.6 cm³/mol. The summed E-state index contributed by atoms with van der Waals surface area (Å²) in [5.74, 6) is -0.936. The van der Waals surface area contributed by atoms with Crippen LogP contribution in [0.5, 0.6) is 0 Å². The van der Waals surface area contributed by atoms with Crippen LogP contribution in [0.3, 0.4) is 0 Å². The monoisotopic (exact) mass is 219 g/mol. The number of benzene rings is 1. The molecule has 84 valence electrons. The Hall–Kier alpha value is -1.86. The van der Waals surface area contributed by atoms with E-state index in [1.165, 1.54) is 0 Å². The fraction of sp³-hybridized carbons (Fsp3) is 0.333. The zero-order chi connectivity index (χ0) is 12.2. The standard InChI is InChI=1S/C12H13NO3/c1-12(16,7-6-11(14)15)10-4-2-9(8-13)3-5-10/h2-5,16H,6-7H2,1H3,(H,14,15). The predicted octanol–water partition coefficient (Wildman–Crippen LogP) is 1.63. The van der Waals surface area contributed by atoms with Gasteiger partial charge >= 0.3 is 5.97 Å². The summed E-state index contributed by atoms with van der Waals surface area (Å²) in [5.41, 5.74) is -0.0441. The molecular weight excluding hydrogens is 206 g/mol. The van der Waals surface area contributed by atoms with Crippen molar-refractivity contribution in [1.29, 1.82) is 5.26 Å². The maximum absolute atomic E-state index is 10.4. The van der Waals surface area contributed by atoms with Gasteiger partial charge in [0.05, 0.1) is 17.2 Å². The summed E-state index contributed by atoms with van der Waals surface area (Å²) >= 11 is 0. The largest absolute Gasteiger partial charge is 0.481 e. The Kier molecular flexibility index (Phi) is 3.64. The summed E-state index contributed by atoms with van der Waals surface area (Å²) in [5, 5.41) is 27.2. The fourth-order valence-electron chi connectivity index (χ4n) is 1.40. The number of hydrogen-bond donors (Lipinski definition) is 2. The van der Waals surface area contributed by atoms with Crippen molar-refractivity contribution in [3.63, 3.8) is 0 Å². The molecule has 0 aliphatic carbocycles. The summed E-state index contributed by atoms with van der Waals surface area (Å²) in [6, 6.07) is 8.46. The zero-order valence-corrected chi connectivity index (χ0v) is 8.97. The van der Waals surface area contributed by atoms with Crippen LogP contribution in [-0.2, 0) is 10.4 Å². The number of hydrogen-bond acceptors (Lipinski definition) is 3. The molecule has 0 aromatic heterocycles. The van der Waals surface area contributed by atoms with Crippen molar-refractivity contribution >= 4 is 5.97 Å². The van der Waals surface area contributed by atoms with Crippen molar-refractivity contribution in [2.75, 3.05) is 0 Å². The van der Waals surface area contributed by atoms with Gasteiger partial charge in [0.15, 0.2) is 0 Å². The number of carboxylic acid groups (broad SMARTS) is 1. The van der Waals surface area contributed by atoms with E-state index in [0.717, 1.165) is 0 Å². The van der Waals surface area contributed by atoms with Gasteiger partial charge in [-0.05, 0) is 31.0 Å². The van der Waals surface area contributed by atoms with E-state index in [1.807, 2.05) is 6.07 Å². The zero-order valence-electron chi connectivity index (χ0n) is 8.97. The summed E-state index contributed by atoms with van der Waals surface area (Å²) in [7, 11) is 0. The Morgan fingerprint density at radius 1 is 1.44 bits per heavy atom. The number of aliphatic carboxylic acids is 1. The Bertz CT molecular complexity index is 415. The SMILES string of the molecule is CC(O)(CCC(=O)O)c1ccc(C#N)cc1. The quantitative estimate of drug-likeness (QED) is 0.806. The molecule has 0 heterocycles. The molecule has 0 radical (unpaired) electrons. The normalized spacial score (nSPS) is 13.8. The highest BCUT2D eigenvalue weighted by molar-refractivity contribution is 5.66. The first kappa shape index (κ1) is 12.2. The third-order valence-corrected chi connectivity index (χ3v) is 2.46. The van der Waals surface area contributed by atoms with Crippen molar-refractivity contribution in [3.8, 4) is 6.07 Å². The first-order valence-corrected chi connectivity index (χ1v) is 4.90. The molecule has 0 aliphatic heterocycles. The highest BCUT2D eigenvalue weighted by atomic mass is 16.4. The van der Waals surface area contributed by atoms with E-state index >= 15 is 0 Å². The molecule has 0 aliphatic rings. The molecule has 4 heteroatoms. The van der Waals surface area contributed by atoms with Crippen molar-refractivity contribution in [2.24, 2.45) is 0 Å². The van der Waals surface area contributed by atoms with Crippen molar-refractivity contribution in [3.05, 3.63) is 35.4 Å². The molecule has 1 rings (SSSR count). The number of carboxylic acids is 1. The summed E-state index contributed by atoms with van der Waals surface area (Å²) in [4.78, 5) is 10.4. The van der Waals surface area contributed by atoms with Crippen LogP contribution in [0.4, 0.5) is 0 Å². The molecule has 0 fully saturated rings. The van der Waals surface area contributed by atoms with E-state index in [-0.39, 0.29) is 12.8 Å². The first-order chi connectivity index (χ1) is 7.45. The van der Waals surface area contributed by atoms with E-state index in [4.69, 9.17) is 10.4 Å². The summed E-state index contributed by atoms with van der Waals surface area (Å²) < 4.78 is 0. The number of carbonyl (C=O) groups is 1. The Morgan fingerprint density at radius 2 is 2.00 bits per heavy atom. The molecule has 0 saturated heterocycles. The van der Waals surface area contributed by atoms with E-state index in [0.29, 0.717) is 11.1 Å². The highest BCUT2D eigenvalue weighted by Crippen LogP contribution is 2.25. The van der Waals surface area contributed by atoms with Crippen LogP contribution in [0.15, 0.2) is 24.3 Å². The Labute approximate surface area is 93.8 Å². The molecule has 16 heavy (non-hydrogen) atoms. The summed E-state index contributed by atoms with van der Waals surface area (Å²) in [6.45, 7) is 1.57. The van der Waals surface area contributed by atoms with Gasteiger partial charge in [-0.3, -0.25) is 4.79 Å². The second-order valence-electron chi connectivity index (χ2n) is 3.86. The maximum Gasteiger partial charge on any atom is 0.303 e. The molecule has 1 aromatic carbocycles. The van der Waals surface area contributed by atoms with Gasteiger partial charge in [-0.25, -0.2) is 0 Å². The lowest BCUT2D eigenvalue weighted by Crippen LogP contribution is -2.22. The van der Waals surface area contributed by atoms with Gasteiger partial charge in [0.25, 0.3) is 0 Å². The number of nitriles is 1. The van der Waals surface area contributed by atoms with E-state index in [9.17, 15) is 9.90 Å². The molecule has 2 N–H and O–H groups in total. The maximum atomic E-state index is 10.4. The molecule has 0 amide bonds. The van der Waals surface area contributed by atoms with Crippen LogP contribution in [0.2, 0.25) is 0 Å². The van der Waals surface area contributed by atoms with Gasteiger partial charge in [0.2, 0.25) is 0 Å². The van der Waals surface area contributed by atoms with Gasteiger partial charge in [-0.1, -0.05) is 12.1 Å². The second kappa shape index (κ2) is 4.77. The third-order valence-electron chi connectivity index (χ3n) is 2.46.